The third kappa shape index (κ3) is 4.82. The quantitative estimate of drug-likeness (QED) is 0.698. The van der Waals surface area contributed by atoms with E-state index < -0.39 is 0 Å². The maximum absolute atomic E-state index is 5.66. The summed E-state index contributed by atoms with van der Waals surface area (Å²) < 4.78 is 16.9. The molecule has 1 unspecified atom stereocenters. The van der Waals surface area contributed by atoms with E-state index >= 15 is 0 Å². The molecule has 1 atom stereocenters. The zero-order valence-electron chi connectivity index (χ0n) is 12.3. The van der Waals surface area contributed by atoms with Gasteiger partial charge in [0.25, 0.3) is 0 Å². The van der Waals surface area contributed by atoms with Crippen LogP contribution in [0.5, 0.6) is 5.75 Å². The summed E-state index contributed by atoms with van der Waals surface area (Å²) in [5.74, 6) is 0.868. The van der Waals surface area contributed by atoms with Gasteiger partial charge in [-0.05, 0) is 45.5 Å². The fraction of sp³-hybridized carbons (Fsp3) is 0.600. The van der Waals surface area contributed by atoms with E-state index in [1.54, 1.807) is 0 Å². The fourth-order valence-corrected chi connectivity index (χ4v) is 1.99. The van der Waals surface area contributed by atoms with Gasteiger partial charge in [-0.2, -0.15) is 0 Å². The smallest absolute Gasteiger partial charge is 0.176 e. The molecule has 1 aromatic rings. The Labute approximate surface area is 116 Å². The number of nitrogens with one attached hydrogen (secondary N) is 1. The second kappa shape index (κ2) is 8.91. The van der Waals surface area contributed by atoms with E-state index in [0.29, 0.717) is 19.8 Å². The minimum absolute atomic E-state index is 0.0136. The van der Waals surface area contributed by atoms with Crippen molar-refractivity contribution in [3.05, 3.63) is 29.8 Å². The SMILES string of the molecule is CCOc1cccc(C(NC)C(OCC)OCC)c1. The Bertz CT molecular complexity index is 351. The molecule has 0 aliphatic carbocycles. The summed E-state index contributed by atoms with van der Waals surface area (Å²) in [5.41, 5.74) is 1.10. The molecule has 0 saturated heterocycles. The van der Waals surface area contributed by atoms with E-state index in [-0.39, 0.29) is 12.3 Å². The molecule has 1 aromatic carbocycles. The molecular formula is C15H25NO3. The second-order valence-corrected chi connectivity index (χ2v) is 4.05. The van der Waals surface area contributed by atoms with Gasteiger partial charge in [0, 0.05) is 13.2 Å². The van der Waals surface area contributed by atoms with Gasteiger partial charge in [-0.1, -0.05) is 12.1 Å². The Kier molecular flexibility index (Phi) is 7.48. The van der Waals surface area contributed by atoms with Crippen LogP contribution >= 0.6 is 0 Å². The third-order valence-corrected chi connectivity index (χ3v) is 2.77. The Balaban J connectivity index is 2.89. The fourth-order valence-electron chi connectivity index (χ4n) is 1.99. The highest BCUT2D eigenvalue weighted by Crippen LogP contribution is 2.24. The standard InChI is InChI=1S/C15H25NO3/c1-5-17-13-10-8-9-12(11-13)14(16-4)15(18-6-2)19-7-3/h8-11,14-16H,5-7H2,1-4H3. The molecule has 1 rings (SSSR count). The summed E-state index contributed by atoms with van der Waals surface area (Å²) in [6.07, 6.45) is -0.295. The average Bonchev–Trinajstić information content (AvgIpc) is 2.41. The molecule has 0 radical (unpaired) electrons. The zero-order valence-corrected chi connectivity index (χ0v) is 12.3. The molecule has 0 aliphatic rings. The molecule has 0 fully saturated rings. The lowest BCUT2D eigenvalue weighted by Gasteiger charge is -2.27. The number of hydrogen-bond donors (Lipinski definition) is 1. The first kappa shape index (κ1) is 16.0. The van der Waals surface area contributed by atoms with Crippen LogP contribution in [-0.4, -0.2) is 33.2 Å². The first-order chi connectivity index (χ1) is 9.26. The van der Waals surface area contributed by atoms with Crippen molar-refractivity contribution in [2.75, 3.05) is 26.9 Å². The highest BCUT2D eigenvalue weighted by molar-refractivity contribution is 5.31. The van der Waals surface area contributed by atoms with Crippen molar-refractivity contribution in [2.45, 2.75) is 33.1 Å². The van der Waals surface area contributed by atoms with Crippen LogP contribution in [0.3, 0.4) is 0 Å². The molecule has 0 aliphatic heterocycles. The maximum Gasteiger partial charge on any atom is 0.176 e. The van der Waals surface area contributed by atoms with Gasteiger partial charge < -0.3 is 19.5 Å². The molecular weight excluding hydrogens is 242 g/mol. The Morgan fingerprint density at radius 3 is 2.26 bits per heavy atom. The van der Waals surface area contributed by atoms with Crippen LogP contribution in [-0.2, 0) is 9.47 Å². The summed E-state index contributed by atoms with van der Waals surface area (Å²) in [4.78, 5) is 0. The molecule has 4 heteroatoms. The van der Waals surface area contributed by atoms with Gasteiger partial charge in [-0.3, -0.25) is 0 Å². The van der Waals surface area contributed by atoms with Gasteiger partial charge in [0.2, 0.25) is 0 Å². The third-order valence-electron chi connectivity index (χ3n) is 2.77. The van der Waals surface area contributed by atoms with Crippen LogP contribution in [0.15, 0.2) is 24.3 Å². The normalized spacial score (nSPS) is 12.7. The number of hydrogen-bond acceptors (Lipinski definition) is 4. The van der Waals surface area contributed by atoms with Crippen LogP contribution in [0.4, 0.5) is 0 Å². The first-order valence-electron chi connectivity index (χ1n) is 6.89. The van der Waals surface area contributed by atoms with E-state index in [1.165, 1.54) is 0 Å². The molecule has 0 amide bonds. The second-order valence-electron chi connectivity index (χ2n) is 4.05. The van der Waals surface area contributed by atoms with Gasteiger partial charge in [0.1, 0.15) is 5.75 Å². The predicted molar refractivity (Wildman–Crippen MR) is 76.5 cm³/mol. The molecule has 1 N–H and O–H groups in total. The number of likely N-dealkylation sites (N-methyl/N-ethyl adjacent to an activating group) is 1. The van der Waals surface area contributed by atoms with E-state index in [0.717, 1.165) is 11.3 Å². The molecule has 0 heterocycles. The molecule has 0 bridgehead atoms. The van der Waals surface area contributed by atoms with Crippen LogP contribution in [0.1, 0.15) is 32.4 Å². The van der Waals surface area contributed by atoms with Crippen molar-refractivity contribution >= 4 is 0 Å². The summed E-state index contributed by atoms with van der Waals surface area (Å²) in [6, 6.07) is 8.00. The zero-order chi connectivity index (χ0) is 14.1. The Hall–Kier alpha value is -1.10. The van der Waals surface area contributed by atoms with Crippen molar-refractivity contribution in [3.8, 4) is 5.75 Å². The lowest BCUT2D eigenvalue weighted by atomic mass is 10.1. The van der Waals surface area contributed by atoms with Crippen molar-refractivity contribution in [1.29, 1.82) is 0 Å². The molecule has 108 valence electrons. The summed E-state index contributed by atoms with van der Waals surface area (Å²) >= 11 is 0. The van der Waals surface area contributed by atoms with Crippen LogP contribution < -0.4 is 10.1 Å². The minimum Gasteiger partial charge on any atom is -0.494 e. The largest absolute Gasteiger partial charge is 0.494 e. The molecule has 0 spiro atoms. The summed E-state index contributed by atoms with van der Waals surface area (Å²) in [6.45, 7) is 7.81. The van der Waals surface area contributed by atoms with Gasteiger partial charge in [0.15, 0.2) is 6.29 Å². The Morgan fingerprint density at radius 1 is 1.05 bits per heavy atom. The van der Waals surface area contributed by atoms with Gasteiger partial charge in [-0.25, -0.2) is 0 Å². The molecule has 0 aromatic heterocycles. The number of benzene rings is 1. The summed E-state index contributed by atoms with van der Waals surface area (Å²) in [5, 5.41) is 3.25. The predicted octanol–water partition coefficient (Wildman–Crippen LogP) is 2.74. The van der Waals surface area contributed by atoms with E-state index in [2.05, 4.69) is 11.4 Å². The minimum atomic E-state index is -0.295. The first-order valence-corrected chi connectivity index (χ1v) is 6.89. The lowest BCUT2D eigenvalue weighted by Crippen LogP contribution is -2.34. The molecule has 4 nitrogen and oxygen atoms in total. The highest BCUT2D eigenvalue weighted by atomic mass is 16.7. The number of ether oxygens (including phenoxy) is 3. The van der Waals surface area contributed by atoms with Crippen LogP contribution in [0.2, 0.25) is 0 Å². The van der Waals surface area contributed by atoms with Gasteiger partial charge >= 0.3 is 0 Å². The highest BCUT2D eigenvalue weighted by Gasteiger charge is 2.22. The maximum atomic E-state index is 5.66. The van der Waals surface area contributed by atoms with Crippen LogP contribution in [0, 0.1) is 0 Å². The Morgan fingerprint density at radius 2 is 1.74 bits per heavy atom. The summed E-state index contributed by atoms with van der Waals surface area (Å²) in [7, 11) is 1.91. The van der Waals surface area contributed by atoms with Crippen molar-refractivity contribution in [1.82, 2.24) is 5.32 Å². The monoisotopic (exact) mass is 267 g/mol. The van der Waals surface area contributed by atoms with E-state index in [4.69, 9.17) is 14.2 Å². The van der Waals surface area contributed by atoms with E-state index in [9.17, 15) is 0 Å². The van der Waals surface area contributed by atoms with Crippen LogP contribution in [0.25, 0.3) is 0 Å². The van der Waals surface area contributed by atoms with Crippen molar-refractivity contribution in [3.63, 3.8) is 0 Å². The van der Waals surface area contributed by atoms with E-state index in [1.807, 2.05) is 46.0 Å². The van der Waals surface area contributed by atoms with Crippen molar-refractivity contribution < 1.29 is 14.2 Å². The topological polar surface area (TPSA) is 39.7 Å². The number of rotatable bonds is 9. The van der Waals surface area contributed by atoms with Crippen molar-refractivity contribution in [2.24, 2.45) is 0 Å². The molecule has 19 heavy (non-hydrogen) atoms. The van der Waals surface area contributed by atoms with Gasteiger partial charge in [-0.15, -0.1) is 0 Å². The molecule has 0 saturated carbocycles. The lowest BCUT2D eigenvalue weighted by molar-refractivity contribution is -0.154. The average molecular weight is 267 g/mol. The van der Waals surface area contributed by atoms with Gasteiger partial charge in [0.05, 0.1) is 12.6 Å².